The van der Waals surface area contributed by atoms with Crippen molar-refractivity contribution in [2.45, 2.75) is 25.9 Å². The van der Waals surface area contributed by atoms with Gasteiger partial charge in [0.1, 0.15) is 13.2 Å². The summed E-state index contributed by atoms with van der Waals surface area (Å²) in [6.45, 7) is 3.12. The number of carbonyl (C=O) groups excluding carboxylic acids is 2. The van der Waals surface area contributed by atoms with Gasteiger partial charge in [0.25, 0.3) is 0 Å². The summed E-state index contributed by atoms with van der Waals surface area (Å²) in [7, 11) is 0. The fourth-order valence-corrected chi connectivity index (χ4v) is 8.25. The number of hydrogen-bond acceptors (Lipinski definition) is 6. The summed E-state index contributed by atoms with van der Waals surface area (Å²) >= 11 is 0. The van der Waals surface area contributed by atoms with Gasteiger partial charge in [0.05, 0.1) is 17.8 Å². The van der Waals surface area contributed by atoms with E-state index in [2.05, 4.69) is 0 Å². The van der Waals surface area contributed by atoms with Gasteiger partial charge in [-0.3, -0.25) is 9.59 Å². The molecule has 6 aliphatic rings. The highest BCUT2D eigenvalue weighted by atomic mass is 16.5. The topological polar surface area (TPSA) is 102 Å². The summed E-state index contributed by atoms with van der Waals surface area (Å²) in [6.07, 6.45) is 0. The van der Waals surface area contributed by atoms with Crippen LogP contribution >= 0.6 is 0 Å². The lowest BCUT2D eigenvalue weighted by Gasteiger charge is -2.47. The van der Waals surface area contributed by atoms with Gasteiger partial charge in [-0.1, -0.05) is 18.2 Å². The SMILES string of the molecule is CC(=O)OC[C@@]12C3C4[C@@H]5[C@H]4[C@@H](n4c(=O)n(-c6ccccc6)c(=O)n4[C@@H]51)[C@@]32COC(C)=O. The van der Waals surface area contributed by atoms with E-state index in [1.807, 2.05) is 6.07 Å². The molecule has 2 aromatic rings. The molecule has 2 aliphatic heterocycles. The fourth-order valence-electron chi connectivity index (χ4n) is 8.25. The number of hydrogen-bond donors (Lipinski definition) is 0. The molecule has 0 spiro atoms. The van der Waals surface area contributed by atoms with Crippen LogP contribution in [0.4, 0.5) is 0 Å². The van der Waals surface area contributed by atoms with E-state index in [0.29, 0.717) is 23.4 Å². The summed E-state index contributed by atoms with van der Waals surface area (Å²) in [5.74, 6) is 0.461. The Labute approximate surface area is 176 Å². The molecule has 2 bridgehead atoms. The lowest BCUT2D eigenvalue weighted by molar-refractivity contribution is -0.153. The van der Waals surface area contributed by atoms with Crippen LogP contribution in [0.5, 0.6) is 0 Å². The van der Waals surface area contributed by atoms with E-state index < -0.39 is 10.8 Å². The van der Waals surface area contributed by atoms with Crippen LogP contribution in [0, 0.1) is 34.5 Å². The van der Waals surface area contributed by atoms with Gasteiger partial charge in [-0.05, 0) is 35.8 Å². The first-order valence-corrected chi connectivity index (χ1v) is 10.7. The molecule has 0 N–H and O–H groups in total. The Bertz CT molecular complexity index is 1230. The van der Waals surface area contributed by atoms with Gasteiger partial charge in [0, 0.05) is 24.7 Å². The highest BCUT2D eigenvalue weighted by molar-refractivity contribution is 5.67. The Balaban J connectivity index is 1.44. The van der Waals surface area contributed by atoms with Crippen molar-refractivity contribution in [1.82, 2.24) is 13.9 Å². The standard InChI is InChI=1S/C22H21N3O6/c1-10(26)30-8-21-16-13-14-15(13)18(22(16,21)9-31-11(2)27)25-20(29)23(12-6-4-3-5-7-12)19(28)24(25)17(14)21/h3-7,13-18H,8-9H2,1-2H3/t13?,14-,15+,16?,17+,18-,21-,22-/m1/s1. The quantitative estimate of drug-likeness (QED) is 0.650. The van der Waals surface area contributed by atoms with Crippen LogP contribution in [0.3, 0.4) is 0 Å². The maximum atomic E-state index is 13.5. The minimum Gasteiger partial charge on any atom is -0.465 e. The Kier molecular flexibility index (Phi) is 2.85. The predicted octanol–water partition coefficient (Wildman–Crippen LogP) is 0.515. The molecule has 0 radical (unpaired) electrons. The third kappa shape index (κ3) is 1.61. The normalized spacial score (nSPS) is 41.0. The molecule has 160 valence electrons. The minimum atomic E-state index is -0.456. The minimum absolute atomic E-state index is 0.187. The third-order valence-electron chi connectivity index (χ3n) is 8.83. The van der Waals surface area contributed by atoms with Crippen LogP contribution in [0.1, 0.15) is 25.9 Å². The molecule has 9 nitrogen and oxygen atoms in total. The van der Waals surface area contributed by atoms with Gasteiger partial charge in [0.15, 0.2) is 0 Å². The molecule has 4 aliphatic carbocycles. The molecular formula is C22H21N3O6. The lowest BCUT2D eigenvalue weighted by atomic mass is 9.72. The van der Waals surface area contributed by atoms with E-state index in [1.54, 1.807) is 33.6 Å². The molecule has 0 saturated heterocycles. The number of aromatic nitrogens is 3. The van der Waals surface area contributed by atoms with E-state index in [1.165, 1.54) is 18.4 Å². The third-order valence-corrected chi connectivity index (χ3v) is 8.83. The second-order valence-electron chi connectivity index (χ2n) is 9.67. The number of nitrogens with zero attached hydrogens (tertiary/aromatic N) is 3. The average Bonchev–Trinajstić information content (AvgIpc) is 3.49. The van der Waals surface area contributed by atoms with Crippen molar-refractivity contribution in [3.8, 4) is 5.69 Å². The lowest BCUT2D eigenvalue weighted by Crippen LogP contribution is -2.55. The maximum absolute atomic E-state index is 13.5. The van der Waals surface area contributed by atoms with Crippen molar-refractivity contribution >= 4 is 11.9 Å². The number of benzene rings is 1. The largest absolute Gasteiger partial charge is 0.465 e. The molecule has 8 atom stereocenters. The zero-order chi connectivity index (χ0) is 21.4. The number of esters is 2. The van der Waals surface area contributed by atoms with Gasteiger partial charge in [-0.25, -0.2) is 23.5 Å². The molecule has 9 heteroatoms. The number of ether oxygens (including phenoxy) is 2. The van der Waals surface area contributed by atoms with E-state index >= 15 is 0 Å². The molecule has 1 aromatic carbocycles. The summed E-state index contributed by atoms with van der Waals surface area (Å²) in [5, 5.41) is 0. The van der Waals surface area contributed by atoms with Crippen molar-refractivity contribution in [2.75, 3.05) is 13.2 Å². The zero-order valence-electron chi connectivity index (χ0n) is 17.1. The summed E-state index contributed by atoms with van der Waals surface area (Å²) in [4.78, 5) is 50.4. The van der Waals surface area contributed by atoms with Crippen molar-refractivity contribution < 1.29 is 19.1 Å². The summed E-state index contributed by atoms with van der Waals surface area (Å²) in [5.41, 5.74) is -1.09. The predicted molar refractivity (Wildman–Crippen MR) is 104 cm³/mol. The molecule has 31 heavy (non-hydrogen) atoms. The molecule has 8 rings (SSSR count). The van der Waals surface area contributed by atoms with Gasteiger partial charge in [-0.2, -0.15) is 0 Å². The van der Waals surface area contributed by atoms with E-state index in [-0.39, 0.29) is 54.5 Å². The van der Waals surface area contributed by atoms with Crippen molar-refractivity contribution in [3.05, 3.63) is 51.3 Å². The van der Waals surface area contributed by atoms with Gasteiger partial charge >= 0.3 is 23.3 Å². The number of rotatable bonds is 5. The van der Waals surface area contributed by atoms with Crippen LogP contribution < -0.4 is 11.4 Å². The Morgan fingerprint density at radius 3 is 1.77 bits per heavy atom. The molecule has 1 aromatic heterocycles. The van der Waals surface area contributed by atoms with E-state index in [0.717, 1.165) is 0 Å². The number of para-hydroxylation sites is 1. The van der Waals surface area contributed by atoms with Crippen LogP contribution in [0.15, 0.2) is 39.9 Å². The second kappa shape index (κ2) is 5.03. The smallest absolute Gasteiger partial charge is 0.352 e. The molecule has 4 saturated carbocycles. The van der Waals surface area contributed by atoms with E-state index in [9.17, 15) is 19.2 Å². The molecule has 4 fully saturated rings. The van der Waals surface area contributed by atoms with Crippen LogP contribution in [0.25, 0.3) is 5.69 Å². The van der Waals surface area contributed by atoms with Gasteiger partial charge in [-0.15, -0.1) is 0 Å². The Hall–Kier alpha value is -3.10. The van der Waals surface area contributed by atoms with Gasteiger partial charge < -0.3 is 9.47 Å². The van der Waals surface area contributed by atoms with Crippen molar-refractivity contribution in [2.24, 2.45) is 34.5 Å². The van der Waals surface area contributed by atoms with Crippen LogP contribution in [-0.2, 0) is 19.1 Å². The Morgan fingerprint density at radius 1 is 0.839 bits per heavy atom. The first-order chi connectivity index (χ1) is 14.9. The van der Waals surface area contributed by atoms with Crippen LogP contribution in [-0.4, -0.2) is 39.1 Å². The maximum Gasteiger partial charge on any atom is 0.352 e. The second-order valence-corrected chi connectivity index (χ2v) is 9.67. The average molecular weight is 423 g/mol. The summed E-state index contributed by atoms with van der Waals surface area (Å²) in [6, 6.07) is 8.46. The molecular weight excluding hydrogens is 402 g/mol. The molecule has 3 heterocycles. The highest BCUT2D eigenvalue weighted by Gasteiger charge is 3.04. The highest BCUT2D eigenvalue weighted by Crippen LogP contribution is 3.02. The first-order valence-electron chi connectivity index (χ1n) is 10.7. The number of carbonyl (C=O) groups is 2. The van der Waals surface area contributed by atoms with Crippen molar-refractivity contribution in [1.29, 1.82) is 0 Å². The van der Waals surface area contributed by atoms with Gasteiger partial charge in [0.2, 0.25) is 0 Å². The zero-order valence-corrected chi connectivity index (χ0v) is 17.1. The monoisotopic (exact) mass is 423 g/mol. The fraction of sp³-hybridized carbons (Fsp3) is 0.545. The molecule has 2 unspecified atom stereocenters. The molecule has 0 amide bonds. The Morgan fingerprint density at radius 2 is 1.32 bits per heavy atom. The van der Waals surface area contributed by atoms with Crippen molar-refractivity contribution in [3.63, 3.8) is 0 Å². The van der Waals surface area contributed by atoms with E-state index in [4.69, 9.17) is 9.47 Å². The first kappa shape index (κ1) is 17.6. The summed E-state index contributed by atoms with van der Waals surface area (Å²) < 4.78 is 15.5. The van der Waals surface area contributed by atoms with Crippen LogP contribution in [0.2, 0.25) is 0 Å².